The first kappa shape index (κ1) is 16.3. The van der Waals surface area contributed by atoms with Gasteiger partial charge in [-0.1, -0.05) is 6.07 Å². The lowest BCUT2D eigenvalue weighted by Gasteiger charge is -2.24. The van der Waals surface area contributed by atoms with Crippen molar-refractivity contribution in [3.8, 4) is 0 Å². The summed E-state index contributed by atoms with van der Waals surface area (Å²) < 4.78 is 5.42. The van der Waals surface area contributed by atoms with Crippen molar-refractivity contribution in [3.63, 3.8) is 0 Å². The molecule has 0 radical (unpaired) electrons. The Balaban J connectivity index is 1.74. The maximum Gasteiger partial charge on any atom is 0.410 e. The van der Waals surface area contributed by atoms with Gasteiger partial charge in [0.15, 0.2) is 0 Å². The molecule has 0 spiro atoms. The zero-order valence-corrected chi connectivity index (χ0v) is 14.2. The lowest BCUT2D eigenvalue weighted by atomic mass is 10.1. The van der Waals surface area contributed by atoms with Crippen molar-refractivity contribution in [1.82, 2.24) is 10.2 Å². The molecule has 1 saturated heterocycles. The summed E-state index contributed by atoms with van der Waals surface area (Å²) in [4.78, 5) is 15.2. The maximum absolute atomic E-state index is 12.0. The molecule has 1 aromatic heterocycles. The van der Waals surface area contributed by atoms with E-state index in [0.29, 0.717) is 12.0 Å². The lowest BCUT2D eigenvalue weighted by molar-refractivity contribution is 0.0288. The van der Waals surface area contributed by atoms with Crippen molar-refractivity contribution < 1.29 is 9.53 Å². The molecule has 0 aliphatic carbocycles. The van der Waals surface area contributed by atoms with Gasteiger partial charge in [0.05, 0.1) is 0 Å². The molecule has 2 heterocycles. The molecule has 0 unspecified atom stereocenters. The topological polar surface area (TPSA) is 41.6 Å². The van der Waals surface area contributed by atoms with E-state index >= 15 is 0 Å². The lowest BCUT2D eigenvalue weighted by Crippen LogP contribution is -2.36. The van der Waals surface area contributed by atoms with Crippen LogP contribution >= 0.6 is 11.3 Å². The third kappa shape index (κ3) is 5.00. The number of hydrogen-bond donors (Lipinski definition) is 1. The molecular formula is C16H26N2O2S. The third-order valence-corrected chi connectivity index (χ3v) is 4.68. The van der Waals surface area contributed by atoms with Crippen molar-refractivity contribution in [2.45, 2.75) is 45.8 Å². The first-order valence-electron chi connectivity index (χ1n) is 7.60. The molecule has 1 aliphatic heterocycles. The number of hydrogen-bond acceptors (Lipinski definition) is 4. The SMILES string of the molecule is C[C@H](NC[C@@H]1CCN(C(=O)OC(C)(C)C)C1)c1cccs1. The zero-order chi connectivity index (χ0) is 15.5. The highest BCUT2D eigenvalue weighted by Gasteiger charge is 2.29. The normalized spacial score (nSPS) is 20.6. The van der Waals surface area contributed by atoms with Gasteiger partial charge in [-0.25, -0.2) is 4.79 Å². The molecule has 1 aromatic rings. The summed E-state index contributed by atoms with van der Waals surface area (Å²) in [5, 5.41) is 5.67. The van der Waals surface area contributed by atoms with Crippen LogP contribution in [0.1, 0.15) is 45.0 Å². The molecule has 2 rings (SSSR count). The van der Waals surface area contributed by atoms with Crippen LogP contribution < -0.4 is 5.32 Å². The van der Waals surface area contributed by atoms with Gasteiger partial charge in [-0.2, -0.15) is 0 Å². The minimum atomic E-state index is -0.416. The van der Waals surface area contributed by atoms with Crippen LogP contribution in [0.4, 0.5) is 4.79 Å². The first-order valence-corrected chi connectivity index (χ1v) is 8.48. The number of carbonyl (C=O) groups is 1. The molecule has 1 fully saturated rings. The Morgan fingerprint density at radius 1 is 1.57 bits per heavy atom. The van der Waals surface area contributed by atoms with Crippen LogP contribution in [0.25, 0.3) is 0 Å². The van der Waals surface area contributed by atoms with E-state index in [9.17, 15) is 4.79 Å². The van der Waals surface area contributed by atoms with Crippen LogP contribution in [0.15, 0.2) is 17.5 Å². The number of ether oxygens (including phenoxy) is 1. The Kier molecular flexibility index (Phi) is 5.27. The van der Waals surface area contributed by atoms with Crippen molar-refractivity contribution in [2.24, 2.45) is 5.92 Å². The Labute approximate surface area is 131 Å². The summed E-state index contributed by atoms with van der Waals surface area (Å²) in [6.07, 6.45) is 0.861. The standard InChI is InChI=1S/C16H26N2O2S/c1-12(14-6-5-9-21-14)17-10-13-7-8-18(11-13)15(19)20-16(2,3)4/h5-6,9,12-13,17H,7-8,10-11H2,1-4H3/t12-,13-/m0/s1. The van der Waals surface area contributed by atoms with Gasteiger partial charge in [0, 0.05) is 30.6 Å². The molecule has 1 N–H and O–H groups in total. The van der Waals surface area contributed by atoms with Crippen LogP contribution in [0.2, 0.25) is 0 Å². The maximum atomic E-state index is 12.0. The van der Waals surface area contributed by atoms with Gasteiger partial charge in [-0.3, -0.25) is 0 Å². The molecule has 5 heteroatoms. The molecular weight excluding hydrogens is 284 g/mol. The molecule has 2 atom stereocenters. The van der Waals surface area contributed by atoms with Gasteiger partial charge < -0.3 is 15.0 Å². The predicted octanol–water partition coefficient (Wildman–Crippen LogP) is 3.66. The predicted molar refractivity (Wildman–Crippen MR) is 86.7 cm³/mol. The second-order valence-corrected chi connectivity index (χ2v) is 7.71. The van der Waals surface area contributed by atoms with Gasteiger partial charge in [-0.15, -0.1) is 11.3 Å². The molecule has 4 nitrogen and oxygen atoms in total. The highest BCUT2D eigenvalue weighted by Crippen LogP contribution is 2.22. The number of nitrogens with one attached hydrogen (secondary N) is 1. The van der Waals surface area contributed by atoms with E-state index in [1.807, 2.05) is 25.7 Å². The summed E-state index contributed by atoms with van der Waals surface area (Å²) in [6, 6.07) is 4.61. The van der Waals surface area contributed by atoms with Crippen LogP contribution in [0, 0.1) is 5.92 Å². The fourth-order valence-corrected chi connectivity index (χ4v) is 3.23. The van der Waals surface area contributed by atoms with Crippen LogP contribution in [-0.4, -0.2) is 36.2 Å². The number of carbonyl (C=O) groups excluding carboxylic acids is 1. The van der Waals surface area contributed by atoms with E-state index < -0.39 is 5.60 Å². The minimum absolute atomic E-state index is 0.184. The van der Waals surface area contributed by atoms with Crippen molar-refractivity contribution in [3.05, 3.63) is 22.4 Å². The van der Waals surface area contributed by atoms with Gasteiger partial charge >= 0.3 is 6.09 Å². The van der Waals surface area contributed by atoms with Gasteiger partial charge in [0.25, 0.3) is 0 Å². The first-order chi connectivity index (χ1) is 9.85. The number of amides is 1. The summed E-state index contributed by atoms with van der Waals surface area (Å²) in [6.45, 7) is 10.4. The average Bonchev–Trinajstić information content (AvgIpc) is 3.05. The smallest absolute Gasteiger partial charge is 0.410 e. The number of likely N-dealkylation sites (tertiary alicyclic amines) is 1. The highest BCUT2D eigenvalue weighted by molar-refractivity contribution is 7.10. The Hall–Kier alpha value is -1.07. The molecule has 21 heavy (non-hydrogen) atoms. The minimum Gasteiger partial charge on any atom is -0.444 e. The van der Waals surface area contributed by atoms with Crippen LogP contribution in [-0.2, 0) is 4.74 Å². The summed E-state index contributed by atoms with van der Waals surface area (Å²) in [7, 11) is 0. The van der Waals surface area contributed by atoms with E-state index in [0.717, 1.165) is 26.1 Å². The largest absolute Gasteiger partial charge is 0.444 e. The summed E-state index contributed by atoms with van der Waals surface area (Å²) in [5.41, 5.74) is -0.416. The molecule has 0 aromatic carbocycles. The van der Waals surface area contributed by atoms with Gasteiger partial charge in [0.2, 0.25) is 0 Å². The second kappa shape index (κ2) is 6.79. The molecule has 1 amide bonds. The van der Waals surface area contributed by atoms with E-state index in [4.69, 9.17) is 4.74 Å². The summed E-state index contributed by atoms with van der Waals surface area (Å²) in [5.74, 6) is 0.514. The Morgan fingerprint density at radius 3 is 2.95 bits per heavy atom. The van der Waals surface area contributed by atoms with Crippen LogP contribution in [0.5, 0.6) is 0 Å². The fourth-order valence-electron chi connectivity index (χ4n) is 2.47. The fraction of sp³-hybridized carbons (Fsp3) is 0.688. The quantitative estimate of drug-likeness (QED) is 0.923. The van der Waals surface area contributed by atoms with E-state index in [1.165, 1.54) is 4.88 Å². The van der Waals surface area contributed by atoms with Crippen molar-refractivity contribution >= 4 is 17.4 Å². The van der Waals surface area contributed by atoms with Gasteiger partial charge in [0.1, 0.15) is 5.60 Å². The molecule has 1 aliphatic rings. The van der Waals surface area contributed by atoms with Crippen LogP contribution in [0.3, 0.4) is 0 Å². The number of nitrogens with zero attached hydrogens (tertiary/aromatic N) is 1. The van der Waals surface area contributed by atoms with Gasteiger partial charge in [-0.05, 0) is 51.5 Å². The monoisotopic (exact) mass is 310 g/mol. The van der Waals surface area contributed by atoms with E-state index in [1.54, 1.807) is 11.3 Å². The molecule has 0 saturated carbocycles. The van der Waals surface area contributed by atoms with E-state index in [2.05, 4.69) is 29.8 Å². The zero-order valence-electron chi connectivity index (χ0n) is 13.4. The number of rotatable bonds is 4. The number of thiophene rings is 1. The van der Waals surface area contributed by atoms with Crippen molar-refractivity contribution in [1.29, 1.82) is 0 Å². The van der Waals surface area contributed by atoms with E-state index in [-0.39, 0.29) is 6.09 Å². The summed E-state index contributed by atoms with van der Waals surface area (Å²) >= 11 is 1.78. The molecule has 118 valence electrons. The average molecular weight is 310 g/mol. The molecule has 0 bridgehead atoms. The Bertz CT molecular complexity index is 453. The Morgan fingerprint density at radius 2 is 2.33 bits per heavy atom. The third-order valence-electron chi connectivity index (χ3n) is 3.62. The second-order valence-electron chi connectivity index (χ2n) is 6.73. The van der Waals surface area contributed by atoms with Crippen molar-refractivity contribution in [2.75, 3.05) is 19.6 Å². The highest BCUT2D eigenvalue weighted by atomic mass is 32.1.